The van der Waals surface area contributed by atoms with Gasteiger partial charge in [-0.25, -0.2) is 4.79 Å². The molecule has 0 radical (unpaired) electrons. The lowest BCUT2D eigenvalue weighted by molar-refractivity contribution is -0.123. The zero-order valence-corrected chi connectivity index (χ0v) is 16.2. The van der Waals surface area contributed by atoms with Gasteiger partial charge in [0.2, 0.25) is 5.91 Å². The standard InChI is InChI=1S/C20H25NO4S/c1-12(2)21(18(22)14-8-6-13(3)7-9-14)19-15(20(23)24)11-17(26-19)16-5-4-10-25-16/h4-5,10-14H,6-9H2,1-3H3,(H,23,24)/t13-,14-. The van der Waals surface area contributed by atoms with Gasteiger partial charge in [-0.1, -0.05) is 6.92 Å². The third-order valence-electron chi connectivity index (χ3n) is 5.04. The minimum atomic E-state index is -1.02. The van der Waals surface area contributed by atoms with E-state index in [0.717, 1.165) is 30.6 Å². The van der Waals surface area contributed by atoms with Gasteiger partial charge in [-0.2, -0.15) is 0 Å². The maximum atomic E-state index is 13.2. The van der Waals surface area contributed by atoms with Crippen LogP contribution < -0.4 is 4.90 Å². The summed E-state index contributed by atoms with van der Waals surface area (Å²) in [7, 11) is 0. The summed E-state index contributed by atoms with van der Waals surface area (Å²) in [5.74, 6) is 0.274. The molecule has 1 aliphatic carbocycles. The van der Waals surface area contributed by atoms with Crippen LogP contribution in [-0.4, -0.2) is 23.0 Å². The van der Waals surface area contributed by atoms with E-state index < -0.39 is 5.97 Å². The highest BCUT2D eigenvalue weighted by Gasteiger charge is 2.33. The van der Waals surface area contributed by atoms with E-state index in [4.69, 9.17) is 4.42 Å². The Morgan fingerprint density at radius 3 is 2.50 bits per heavy atom. The van der Waals surface area contributed by atoms with Crippen molar-refractivity contribution in [2.75, 3.05) is 4.90 Å². The van der Waals surface area contributed by atoms with Gasteiger partial charge in [-0.05, 0) is 63.6 Å². The van der Waals surface area contributed by atoms with E-state index in [9.17, 15) is 14.7 Å². The normalized spacial score (nSPS) is 20.3. The number of amides is 1. The molecule has 1 aliphatic rings. The number of nitrogens with zero attached hydrogens (tertiary/aromatic N) is 1. The van der Waals surface area contributed by atoms with Gasteiger partial charge < -0.3 is 14.4 Å². The lowest BCUT2D eigenvalue weighted by Crippen LogP contribution is -2.42. The van der Waals surface area contributed by atoms with Crippen molar-refractivity contribution in [3.05, 3.63) is 30.0 Å². The fourth-order valence-electron chi connectivity index (χ4n) is 3.55. The van der Waals surface area contributed by atoms with Crippen LogP contribution in [0.3, 0.4) is 0 Å². The van der Waals surface area contributed by atoms with Gasteiger partial charge in [0, 0.05) is 12.0 Å². The molecule has 0 atom stereocenters. The Hall–Kier alpha value is -2.08. The Balaban J connectivity index is 1.97. The highest BCUT2D eigenvalue weighted by Crippen LogP contribution is 2.40. The van der Waals surface area contributed by atoms with Crippen molar-refractivity contribution >= 4 is 28.2 Å². The largest absolute Gasteiger partial charge is 0.478 e. The summed E-state index contributed by atoms with van der Waals surface area (Å²) >= 11 is 1.31. The molecule has 6 heteroatoms. The van der Waals surface area contributed by atoms with Crippen molar-refractivity contribution in [1.29, 1.82) is 0 Å². The molecule has 2 heterocycles. The monoisotopic (exact) mass is 375 g/mol. The number of carbonyl (C=O) groups excluding carboxylic acids is 1. The summed E-state index contributed by atoms with van der Waals surface area (Å²) in [6.45, 7) is 6.08. The molecule has 1 saturated carbocycles. The maximum Gasteiger partial charge on any atom is 0.338 e. The predicted octanol–water partition coefficient (Wildman–Crippen LogP) is 5.27. The van der Waals surface area contributed by atoms with Crippen molar-refractivity contribution in [2.24, 2.45) is 11.8 Å². The number of thiophene rings is 1. The number of furan rings is 1. The highest BCUT2D eigenvalue weighted by atomic mass is 32.1. The van der Waals surface area contributed by atoms with E-state index >= 15 is 0 Å². The highest BCUT2D eigenvalue weighted by molar-refractivity contribution is 7.20. The summed E-state index contributed by atoms with van der Waals surface area (Å²) in [6.07, 6.45) is 5.42. The van der Waals surface area contributed by atoms with Crippen molar-refractivity contribution in [3.63, 3.8) is 0 Å². The second-order valence-corrected chi connectivity index (χ2v) is 8.40. The molecule has 0 bridgehead atoms. The third-order valence-corrected chi connectivity index (χ3v) is 6.19. The van der Waals surface area contributed by atoms with Gasteiger partial charge in [0.15, 0.2) is 0 Å². The fraction of sp³-hybridized carbons (Fsp3) is 0.500. The lowest BCUT2D eigenvalue weighted by Gasteiger charge is -2.33. The molecule has 0 aliphatic heterocycles. The van der Waals surface area contributed by atoms with E-state index in [1.165, 1.54) is 11.3 Å². The van der Waals surface area contributed by atoms with Crippen LogP contribution in [-0.2, 0) is 4.79 Å². The molecule has 0 aromatic carbocycles. The first kappa shape index (κ1) is 18.7. The Bertz CT molecular complexity index is 770. The van der Waals surface area contributed by atoms with Gasteiger partial charge in [-0.3, -0.25) is 4.79 Å². The van der Waals surface area contributed by atoms with E-state index in [1.54, 1.807) is 29.4 Å². The van der Waals surface area contributed by atoms with Crippen LogP contribution >= 0.6 is 11.3 Å². The molecule has 3 rings (SSSR count). The van der Waals surface area contributed by atoms with Crippen LogP contribution in [0.1, 0.15) is 56.8 Å². The van der Waals surface area contributed by atoms with Crippen LogP contribution in [0.4, 0.5) is 5.00 Å². The minimum absolute atomic E-state index is 0.0237. The molecule has 26 heavy (non-hydrogen) atoms. The SMILES string of the molecule is CC(C)N(c1sc(-c2ccco2)cc1C(=O)O)C(=O)[C@H]1CC[C@H](C)CC1. The first-order valence-electron chi connectivity index (χ1n) is 9.12. The van der Waals surface area contributed by atoms with Gasteiger partial charge in [0.1, 0.15) is 10.8 Å². The molecule has 2 aromatic heterocycles. The van der Waals surface area contributed by atoms with E-state index in [0.29, 0.717) is 16.7 Å². The molecule has 1 N–H and O–H groups in total. The predicted molar refractivity (Wildman–Crippen MR) is 103 cm³/mol. The average molecular weight is 375 g/mol. The van der Waals surface area contributed by atoms with Crippen LogP contribution in [0, 0.1) is 11.8 Å². The molecule has 5 nitrogen and oxygen atoms in total. The number of anilines is 1. The Labute approximate surface area is 157 Å². The van der Waals surface area contributed by atoms with Crippen molar-refractivity contribution < 1.29 is 19.1 Å². The van der Waals surface area contributed by atoms with Crippen molar-refractivity contribution in [1.82, 2.24) is 0 Å². The van der Waals surface area contributed by atoms with E-state index in [1.807, 2.05) is 13.8 Å². The summed E-state index contributed by atoms with van der Waals surface area (Å²) in [4.78, 5) is 27.4. The Morgan fingerprint density at radius 2 is 1.96 bits per heavy atom. The molecular formula is C20H25NO4S. The number of hydrogen-bond acceptors (Lipinski definition) is 4. The summed E-state index contributed by atoms with van der Waals surface area (Å²) in [6, 6.07) is 5.06. The molecule has 2 aromatic rings. The van der Waals surface area contributed by atoms with Crippen LogP contribution in [0.2, 0.25) is 0 Å². The molecule has 1 amide bonds. The number of hydrogen-bond donors (Lipinski definition) is 1. The van der Waals surface area contributed by atoms with Crippen LogP contribution in [0.25, 0.3) is 10.6 Å². The Kier molecular flexibility index (Phi) is 5.51. The average Bonchev–Trinajstić information content (AvgIpc) is 3.24. The van der Waals surface area contributed by atoms with Crippen molar-refractivity contribution in [3.8, 4) is 10.6 Å². The number of rotatable bonds is 5. The smallest absolute Gasteiger partial charge is 0.338 e. The van der Waals surface area contributed by atoms with Gasteiger partial charge >= 0.3 is 5.97 Å². The van der Waals surface area contributed by atoms with Gasteiger partial charge in [-0.15, -0.1) is 11.3 Å². The second-order valence-electron chi connectivity index (χ2n) is 7.37. The third kappa shape index (κ3) is 3.70. The summed E-state index contributed by atoms with van der Waals surface area (Å²) in [5.41, 5.74) is 0.160. The quantitative estimate of drug-likeness (QED) is 0.772. The first-order chi connectivity index (χ1) is 12.4. The number of carboxylic acid groups (broad SMARTS) is 1. The fourth-order valence-corrected chi connectivity index (χ4v) is 4.80. The molecule has 140 valence electrons. The number of aromatic carboxylic acids is 1. The van der Waals surface area contributed by atoms with Gasteiger partial charge in [0.25, 0.3) is 0 Å². The zero-order valence-electron chi connectivity index (χ0n) is 15.4. The van der Waals surface area contributed by atoms with E-state index in [2.05, 4.69) is 6.92 Å². The first-order valence-corrected chi connectivity index (χ1v) is 9.94. The maximum absolute atomic E-state index is 13.2. The molecule has 1 fully saturated rings. The van der Waals surface area contributed by atoms with Crippen LogP contribution in [0.15, 0.2) is 28.9 Å². The number of carboxylic acids is 1. The topological polar surface area (TPSA) is 70.8 Å². The number of carbonyl (C=O) groups is 2. The molecule has 0 saturated heterocycles. The molecular weight excluding hydrogens is 350 g/mol. The summed E-state index contributed by atoms with van der Waals surface area (Å²) in [5, 5.41) is 10.2. The second kappa shape index (κ2) is 7.66. The Morgan fingerprint density at radius 1 is 1.27 bits per heavy atom. The lowest BCUT2D eigenvalue weighted by atomic mass is 9.82. The van der Waals surface area contributed by atoms with E-state index in [-0.39, 0.29) is 23.4 Å². The zero-order chi connectivity index (χ0) is 18.8. The van der Waals surface area contributed by atoms with Crippen molar-refractivity contribution in [2.45, 2.75) is 52.5 Å². The van der Waals surface area contributed by atoms with Gasteiger partial charge in [0.05, 0.1) is 16.7 Å². The van der Waals surface area contributed by atoms with Crippen LogP contribution in [0.5, 0.6) is 0 Å². The minimum Gasteiger partial charge on any atom is -0.478 e. The molecule has 0 unspecified atom stereocenters. The molecule has 0 spiro atoms. The summed E-state index contributed by atoms with van der Waals surface area (Å²) < 4.78 is 5.41.